The van der Waals surface area contributed by atoms with Gasteiger partial charge in [-0.3, -0.25) is 4.79 Å². The van der Waals surface area contributed by atoms with Crippen molar-refractivity contribution in [2.75, 3.05) is 13.2 Å². The highest BCUT2D eigenvalue weighted by atomic mass is 16.5. The minimum Gasteiger partial charge on any atom is -0.481 e. The van der Waals surface area contributed by atoms with Gasteiger partial charge in [-0.25, -0.2) is 9.59 Å². The van der Waals surface area contributed by atoms with E-state index in [0.29, 0.717) is 13.2 Å². The Morgan fingerprint density at radius 1 is 1.35 bits per heavy atom. The molecule has 4 N–H and O–H groups in total. The zero-order chi connectivity index (χ0) is 15.2. The molecule has 0 aromatic rings. The van der Waals surface area contributed by atoms with Crippen LogP contribution in [0, 0.1) is 0 Å². The van der Waals surface area contributed by atoms with E-state index in [-0.39, 0.29) is 12.8 Å². The molecule has 1 fully saturated rings. The van der Waals surface area contributed by atoms with E-state index in [0.717, 1.165) is 12.8 Å². The zero-order valence-corrected chi connectivity index (χ0v) is 11.3. The van der Waals surface area contributed by atoms with Crippen molar-refractivity contribution < 1.29 is 29.3 Å². The third-order valence-electron chi connectivity index (χ3n) is 3.10. The molecule has 2 atom stereocenters. The van der Waals surface area contributed by atoms with Crippen molar-refractivity contribution in [2.24, 2.45) is 0 Å². The number of nitrogens with one attached hydrogen (secondary N) is 2. The summed E-state index contributed by atoms with van der Waals surface area (Å²) in [5, 5.41) is 22.4. The normalized spacial score (nSPS) is 23.6. The van der Waals surface area contributed by atoms with Crippen LogP contribution in [0.15, 0.2) is 0 Å². The lowest BCUT2D eigenvalue weighted by molar-refractivity contribution is -0.140. The van der Waals surface area contributed by atoms with Gasteiger partial charge >= 0.3 is 18.0 Å². The largest absolute Gasteiger partial charge is 0.481 e. The Balaban J connectivity index is 2.48. The molecule has 1 aliphatic rings. The second-order valence-corrected chi connectivity index (χ2v) is 5.14. The SMILES string of the molecule is CC1(NC(=O)NC(CCC(=O)O)C(=O)O)CCCOC1. The van der Waals surface area contributed by atoms with Gasteiger partial charge in [-0.15, -0.1) is 0 Å². The van der Waals surface area contributed by atoms with Crippen LogP contribution in [0.4, 0.5) is 4.79 Å². The van der Waals surface area contributed by atoms with Crippen molar-refractivity contribution in [3.8, 4) is 0 Å². The molecule has 1 saturated heterocycles. The molecule has 114 valence electrons. The van der Waals surface area contributed by atoms with Crippen molar-refractivity contribution in [1.82, 2.24) is 10.6 Å². The molecule has 0 radical (unpaired) electrons. The first-order valence-corrected chi connectivity index (χ1v) is 6.43. The summed E-state index contributed by atoms with van der Waals surface area (Å²) in [6.07, 6.45) is 1.08. The van der Waals surface area contributed by atoms with E-state index in [1.807, 2.05) is 6.92 Å². The average Bonchev–Trinajstić information content (AvgIpc) is 2.34. The Bertz CT molecular complexity index is 378. The molecule has 1 aliphatic heterocycles. The summed E-state index contributed by atoms with van der Waals surface area (Å²) in [6.45, 7) is 2.83. The van der Waals surface area contributed by atoms with Gasteiger partial charge in [-0.2, -0.15) is 0 Å². The van der Waals surface area contributed by atoms with Crippen LogP contribution >= 0.6 is 0 Å². The number of carboxylic acid groups (broad SMARTS) is 2. The van der Waals surface area contributed by atoms with Gasteiger partial charge in [0.2, 0.25) is 0 Å². The fourth-order valence-electron chi connectivity index (χ4n) is 2.03. The second-order valence-electron chi connectivity index (χ2n) is 5.14. The molecule has 2 unspecified atom stereocenters. The molecule has 0 spiro atoms. The predicted molar refractivity (Wildman–Crippen MR) is 68.4 cm³/mol. The molecule has 1 rings (SSSR count). The van der Waals surface area contributed by atoms with Crippen LogP contribution in [0.1, 0.15) is 32.6 Å². The quantitative estimate of drug-likeness (QED) is 0.552. The Hall–Kier alpha value is -1.83. The van der Waals surface area contributed by atoms with Crippen LogP contribution in [-0.2, 0) is 14.3 Å². The third-order valence-corrected chi connectivity index (χ3v) is 3.10. The third kappa shape index (κ3) is 5.43. The van der Waals surface area contributed by atoms with Gasteiger partial charge in [-0.1, -0.05) is 0 Å². The first kappa shape index (κ1) is 16.2. The number of amides is 2. The van der Waals surface area contributed by atoms with Gasteiger partial charge in [0.25, 0.3) is 0 Å². The number of carboxylic acids is 2. The Labute approximate surface area is 116 Å². The molecule has 20 heavy (non-hydrogen) atoms. The summed E-state index contributed by atoms with van der Waals surface area (Å²) in [4.78, 5) is 33.2. The highest BCUT2D eigenvalue weighted by molar-refractivity contribution is 5.83. The van der Waals surface area contributed by atoms with E-state index >= 15 is 0 Å². The number of carbonyl (C=O) groups is 3. The lowest BCUT2D eigenvalue weighted by Gasteiger charge is -2.34. The molecule has 0 aliphatic carbocycles. The average molecular weight is 288 g/mol. The predicted octanol–water partition coefficient (Wildman–Crippen LogP) is 0.173. The minimum absolute atomic E-state index is 0.161. The minimum atomic E-state index is -1.26. The number of hydrogen-bond donors (Lipinski definition) is 4. The lowest BCUT2D eigenvalue weighted by Crippen LogP contribution is -2.57. The van der Waals surface area contributed by atoms with E-state index in [9.17, 15) is 14.4 Å². The highest BCUT2D eigenvalue weighted by Gasteiger charge is 2.30. The molecule has 0 aromatic carbocycles. The Morgan fingerprint density at radius 2 is 2.05 bits per heavy atom. The number of urea groups is 1. The number of aliphatic carboxylic acids is 2. The van der Waals surface area contributed by atoms with Crippen molar-refractivity contribution in [3.63, 3.8) is 0 Å². The van der Waals surface area contributed by atoms with Crippen LogP contribution < -0.4 is 10.6 Å². The Morgan fingerprint density at radius 3 is 2.55 bits per heavy atom. The maximum absolute atomic E-state index is 11.8. The summed E-state index contributed by atoms with van der Waals surface area (Å²) in [5.41, 5.74) is -0.530. The smallest absolute Gasteiger partial charge is 0.326 e. The summed E-state index contributed by atoms with van der Waals surface area (Å²) >= 11 is 0. The summed E-state index contributed by atoms with van der Waals surface area (Å²) in [7, 11) is 0. The Kier molecular flexibility index (Phi) is 5.75. The van der Waals surface area contributed by atoms with Gasteiger partial charge in [0, 0.05) is 13.0 Å². The second kappa shape index (κ2) is 7.09. The molecule has 0 aromatic heterocycles. The molecule has 8 nitrogen and oxygen atoms in total. The first-order chi connectivity index (χ1) is 9.32. The van der Waals surface area contributed by atoms with Gasteiger partial charge < -0.3 is 25.6 Å². The monoisotopic (exact) mass is 288 g/mol. The number of carbonyl (C=O) groups excluding carboxylic acids is 1. The number of rotatable bonds is 6. The fraction of sp³-hybridized carbons (Fsp3) is 0.750. The molecular weight excluding hydrogens is 268 g/mol. The van der Waals surface area contributed by atoms with Gasteiger partial charge in [0.15, 0.2) is 0 Å². The van der Waals surface area contributed by atoms with Crippen molar-refractivity contribution >= 4 is 18.0 Å². The van der Waals surface area contributed by atoms with Crippen LogP contribution in [-0.4, -0.2) is 53.0 Å². The van der Waals surface area contributed by atoms with E-state index in [1.54, 1.807) is 0 Å². The zero-order valence-electron chi connectivity index (χ0n) is 11.3. The van der Waals surface area contributed by atoms with Crippen molar-refractivity contribution in [1.29, 1.82) is 0 Å². The van der Waals surface area contributed by atoms with E-state index in [1.165, 1.54) is 0 Å². The highest BCUT2D eigenvalue weighted by Crippen LogP contribution is 2.18. The summed E-state index contributed by atoms with van der Waals surface area (Å²) < 4.78 is 5.28. The topological polar surface area (TPSA) is 125 Å². The van der Waals surface area contributed by atoms with Crippen LogP contribution in [0.5, 0.6) is 0 Å². The number of hydrogen-bond acceptors (Lipinski definition) is 4. The number of ether oxygens (including phenoxy) is 1. The molecule has 8 heteroatoms. The maximum atomic E-state index is 11.8. The molecule has 0 bridgehead atoms. The van der Waals surface area contributed by atoms with Gasteiger partial charge in [0.1, 0.15) is 6.04 Å². The lowest BCUT2D eigenvalue weighted by atomic mass is 9.95. The first-order valence-electron chi connectivity index (χ1n) is 6.43. The fourth-order valence-corrected chi connectivity index (χ4v) is 2.03. The summed E-state index contributed by atoms with van der Waals surface area (Å²) in [6, 6.07) is -1.85. The molecular formula is C12H20N2O6. The van der Waals surface area contributed by atoms with Crippen molar-refractivity contribution in [2.45, 2.75) is 44.2 Å². The van der Waals surface area contributed by atoms with Crippen LogP contribution in [0.3, 0.4) is 0 Å². The van der Waals surface area contributed by atoms with E-state index < -0.39 is 29.6 Å². The molecule has 0 saturated carbocycles. The van der Waals surface area contributed by atoms with Gasteiger partial charge in [0.05, 0.1) is 12.1 Å². The van der Waals surface area contributed by atoms with Crippen molar-refractivity contribution in [3.05, 3.63) is 0 Å². The van der Waals surface area contributed by atoms with Crippen LogP contribution in [0.25, 0.3) is 0 Å². The van der Waals surface area contributed by atoms with E-state index in [4.69, 9.17) is 14.9 Å². The van der Waals surface area contributed by atoms with E-state index in [2.05, 4.69) is 10.6 Å². The molecule has 2 amide bonds. The standard InChI is InChI=1S/C12H20N2O6/c1-12(5-2-6-20-7-12)14-11(19)13-8(10(17)18)3-4-9(15)16/h8H,2-7H2,1H3,(H,15,16)(H,17,18)(H2,13,14,19). The summed E-state index contributed by atoms with van der Waals surface area (Å²) in [5.74, 6) is -2.36. The molecule has 1 heterocycles. The van der Waals surface area contributed by atoms with Gasteiger partial charge in [-0.05, 0) is 26.2 Å². The van der Waals surface area contributed by atoms with Crippen LogP contribution in [0.2, 0.25) is 0 Å². The maximum Gasteiger partial charge on any atom is 0.326 e.